The molecule has 0 radical (unpaired) electrons. The monoisotopic (exact) mass is 494 g/mol. The molecule has 1 atom stereocenters. The van der Waals surface area contributed by atoms with Crippen molar-refractivity contribution in [3.8, 4) is 11.4 Å². The lowest BCUT2D eigenvalue weighted by atomic mass is 9.73. The van der Waals surface area contributed by atoms with E-state index in [1.165, 1.54) is 31.3 Å². The van der Waals surface area contributed by atoms with Crippen molar-refractivity contribution < 1.29 is 13.9 Å². The van der Waals surface area contributed by atoms with Gasteiger partial charge in [0.2, 0.25) is 5.91 Å². The number of nitrogens with two attached hydrogens (primary N) is 1. The molecule has 192 valence electrons. The molecule has 0 bridgehead atoms. The number of halogens is 1. The first kappa shape index (κ1) is 25.6. The summed E-state index contributed by atoms with van der Waals surface area (Å²) in [5.41, 5.74) is 7.83. The number of aromatic nitrogens is 4. The molecule has 4 rings (SSSR count). The Morgan fingerprint density at radius 3 is 2.56 bits per heavy atom. The van der Waals surface area contributed by atoms with Gasteiger partial charge in [-0.3, -0.25) is 4.79 Å². The minimum atomic E-state index is -0.832. The van der Waals surface area contributed by atoms with E-state index in [-0.39, 0.29) is 17.8 Å². The van der Waals surface area contributed by atoms with Crippen molar-refractivity contribution in [2.24, 2.45) is 17.1 Å². The molecule has 1 aliphatic carbocycles. The molecular weight excluding hydrogens is 459 g/mol. The predicted molar refractivity (Wildman–Crippen MR) is 136 cm³/mol. The zero-order valence-electron chi connectivity index (χ0n) is 21.2. The average molecular weight is 495 g/mol. The molecule has 0 aliphatic heterocycles. The first-order valence-corrected chi connectivity index (χ1v) is 12.6. The Morgan fingerprint density at radius 2 is 1.94 bits per heavy atom. The maximum Gasteiger partial charge on any atom is 0.225 e. The van der Waals surface area contributed by atoms with Crippen LogP contribution in [0.4, 0.5) is 10.1 Å². The van der Waals surface area contributed by atoms with Crippen molar-refractivity contribution in [1.29, 1.82) is 0 Å². The highest BCUT2D eigenvalue weighted by Crippen LogP contribution is 2.41. The number of hydrogen-bond donors (Lipinski definition) is 1. The van der Waals surface area contributed by atoms with E-state index >= 15 is 0 Å². The number of carbonyl (C=O) groups excluding carboxylic acids is 1. The number of amides is 1. The van der Waals surface area contributed by atoms with Gasteiger partial charge in [-0.25, -0.2) is 9.07 Å². The minimum absolute atomic E-state index is 0.0327. The third kappa shape index (κ3) is 6.01. The molecule has 0 unspecified atom stereocenters. The van der Waals surface area contributed by atoms with Gasteiger partial charge in [-0.05, 0) is 78.9 Å². The molecule has 1 aromatic heterocycles. The average Bonchev–Trinajstić information content (AvgIpc) is 3.55. The van der Waals surface area contributed by atoms with E-state index in [1.807, 2.05) is 44.0 Å². The zero-order chi connectivity index (χ0) is 25.7. The van der Waals surface area contributed by atoms with E-state index < -0.39 is 5.41 Å². The molecule has 1 amide bonds. The van der Waals surface area contributed by atoms with Crippen molar-refractivity contribution in [1.82, 2.24) is 20.2 Å². The van der Waals surface area contributed by atoms with Crippen LogP contribution in [0.5, 0.6) is 5.75 Å². The fourth-order valence-corrected chi connectivity index (χ4v) is 5.34. The number of nitrogens with zero attached hydrogens (tertiary/aromatic N) is 5. The number of benzene rings is 2. The Balaban J connectivity index is 1.71. The maximum atomic E-state index is 13.6. The van der Waals surface area contributed by atoms with Crippen LogP contribution in [0.2, 0.25) is 0 Å². The summed E-state index contributed by atoms with van der Waals surface area (Å²) in [6.07, 6.45) is 7.17. The molecule has 36 heavy (non-hydrogen) atoms. The van der Waals surface area contributed by atoms with E-state index in [4.69, 9.17) is 10.5 Å². The van der Waals surface area contributed by atoms with Crippen LogP contribution in [0.25, 0.3) is 5.69 Å². The summed E-state index contributed by atoms with van der Waals surface area (Å²) in [5.74, 6) is 0.496. The topological polar surface area (TPSA) is 99.2 Å². The molecule has 2 N–H and O–H groups in total. The van der Waals surface area contributed by atoms with Crippen molar-refractivity contribution in [3.63, 3.8) is 0 Å². The first-order valence-electron chi connectivity index (χ1n) is 12.6. The summed E-state index contributed by atoms with van der Waals surface area (Å²) in [6.45, 7) is 4.34. The van der Waals surface area contributed by atoms with E-state index in [0.717, 1.165) is 29.8 Å². The fraction of sp³-hybridized carbons (Fsp3) is 0.481. The van der Waals surface area contributed by atoms with Gasteiger partial charge in [0, 0.05) is 13.6 Å². The summed E-state index contributed by atoms with van der Waals surface area (Å²) in [4.78, 5) is 15.3. The summed E-state index contributed by atoms with van der Waals surface area (Å²) in [7, 11) is 1.95. The lowest BCUT2D eigenvalue weighted by Crippen LogP contribution is -2.48. The second kappa shape index (κ2) is 11.1. The van der Waals surface area contributed by atoms with Crippen LogP contribution in [-0.2, 0) is 11.2 Å². The third-order valence-corrected chi connectivity index (χ3v) is 7.00. The molecule has 1 aliphatic rings. The zero-order valence-corrected chi connectivity index (χ0v) is 21.2. The highest BCUT2D eigenvalue weighted by atomic mass is 19.1. The number of carbonyl (C=O) groups is 1. The standard InChI is InChI=1S/C27H35FN6O2/c1-19(2)36-25-13-12-23(34-18-30-31-32-34)14-24(25)33(3)17-27(26(29)35,15-20-6-4-5-7-20)16-21-8-10-22(28)11-9-21/h8-14,18-20H,4-7,15-17H2,1-3H3,(H2,29,35)/t27-/m1/s1. The Bertz CT molecular complexity index is 1150. The van der Waals surface area contributed by atoms with E-state index in [0.29, 0.717) is 31.1 Å². The van der Waals surface area contributed by atoms with E-state index in [1.54, 1.807) is 16.8 Å². The molecular formula is C27H35FN6O2. The quantitative estimate of drug-likeness (QED) is 0.426. The molecule has 8 nitrogen and oxygen atoms in total. The summed E-state index contributed by atoms with van der Waals surface area (Å²) < 4.78 is 21.3. The summed E-state index contributed by atoms with van der Waals surface area (Å²) in [6, 6.07) is 12.1. The SMILES string of the molecule is CC(C)Oc1ccc(-n2cnnn2)cc1N(C)C[C@](Cc1ccc(F)cc1)(CC1CCCC1)C(N)=O. The van der Waals surface area contributed by atoms with Gasteiger partial charge in [0.25, 0.3) is 0 Å². The van der Waals surface area contributed by atoms with Gasteiger partial charge in [0.05, 0.1) is 22.9 Å². The maximum absolute atomic E-state index is 13.6. The van der Waals surface area contributed by atoms with Crippen molar-refractivity contribution in [3.05, 3.63) is 60.2 Å². The number of hydrogen-bond acceptors (Lipinski definition) is 6. The molecule has 1 fully saturated rings. The lowest BCUT2D eigenvalue weighted by Gasteiger charge is -2.38. The number of primary amides is 1. The van der Waals surface area contributed by atoms with Crippen LogP contribution in [0, 0.1) is 17.2 Å². The second-order valence-corrected chi connectivity index (χ2v) is 10.2. The van der Waals surface area contributed by atoms with Crippen LogP contribution in [-0.4, -0.2) is 45.8 Å². The van der Waals surface area contributed by atoms with Gasteiger partial charge in [-0.1, -0.05) is 37.8 Å². The van der Waals surface area contributed by atoms with Gasteiger partial charge < -0.3 is 15.4 Å². The smallest absolute Gasteiger partial charge is 0.225 e. The normalized spacial score (nSPS) is 15.7. The highest BCUT2D eigenvalue weighted by Gasteiger charge is 2.41. The molecule has 0 spiro atoms. The van der Waals surface area contributed by atoms with Gasteiger partial charge in [-0.2, -0.15) is 0 Å². The van der Waals surface area contributed by atoms with Crippen LogP contribution in [0.1, 0.15) is 51.5 Å². The van der Waals surface area contributed by atoms with Crippen LogP contribution >= 0.6 is 0 Å². The fourth-order valence-electron chi connectivity index (χ4n) is 5.34. The molecule has 1 heterocycles. The van der Waals surface area contributed by atoms with Gasteiger partial charge in [-0.15, -0.1) is 5.10 Å². The van der Waals surface area contributed by atoms with E-state index in [9.17, 15) is 9.18 Å². The van der Waals surface area contributed by atoms with Crippen LogP contribution < -0.4 is 15.4 Å². The highest BCUT2D eigenvalue weighted by molar-refractivity contribution is 5.82. The number of anilines is 1. The number of rotatable bonds is 11. The molecule has 1 saturated carbocycles. The predicted octanol–water partition coefficient (Wildman–Crippen LogP) is 4.32. The largest absolute Gasteiger partial charge is 0.489 e. The Morgan fingerprint density at radius 1 is 1.22 bits per heavy atom. The second-order valence-electron chi connectivity index (χ2n) is 10.2. The third-order valence-electron chi connectivity index (χ3n) is 7.00. The molecule has 9 heteroatoms. The Labute approximate surface area is 211 Å². The lowest BCUT2D eigenvalue weighted by molar-refractivity contribution is -0.128. The van der Waals surface area contributed by atoms with Gasteiger partial charge in [0.15, 0.2) is 0 Å². The van der Waals surface area contributed by atoms with Gasteiger partial charge in [0.1, 0.15) is 17.9 Å². The van der Waals surface area contributed by atoms with Crippen molar-refractivity contribution in [2.45, 2.75) is 58.5 Å². The summed E-state index contributed by atoms with van der Waals surface area (Å²) >= 11 is 0. The molecule has 3 aromatic rings. The number of ether oxygens (including phenoxy) is 1. The van der Waals surface area contributed by atoms with Crippen LogP contribution in [0.15, 0.2) is 48.8 Å². The van der Waals surface area contributed by atoms with Crippen molar-refractivity contribution >= 4 is 11.6 Å². The Kier molecular flexibility index (Phi) is 7.86. The minimum Gasteiger partial charge on any atom is -0.489 e. The van der Waals surface area contributed by atoms with Crippen LogP contribution in [0.3, 0.4) is 0 Å². The van der Waals surface area contributed by atoms with E-state index in [2.05, 4.69) is 15.5 Å². The van der Waals surface area contributed by atoms with Crippen molar-refractivity contribution in [2.75, 3.05) is 18.5 Å². The summed E-state index contributed by atoms with van der Waals surface area (Å²) in [5, 5.41) is 11.5. The number of tetrazole rings is 1. The first-order chi connectivity index (χ1) is 17.3. The molecule has 0 saturated heterocycles. The molecule has 2 aromatic carbocycles. The Hall–Kier alpha value is -3.49. The van der Waals surface area contributed by atoms with Gasteiger partial charge >= 0.3 is 0 Å².